The summed E-state index contributed by atoms with van der Waals surface area (Å²) in [4.78, 5) is 0.231. The average Bonchev–Trinajstić information content (AvgIpc) is 2.45. The van der Waals surface area contributed by atoms with Gasteiger partial charge in [-0.15, -0.1) is 0 Å². The molecule has 0 radical (unpaired) electrons. The Bertz CT molecular complexity index is 368. The van der Waals surface area contributed by atoms with Crippen molar-refractivity contribution in [2.75, 3.05) is 21.3 Å². The van der Waals surface area contributed by atoms with Gasteiger partial charge >= 0.3 is 0 Å². The molecule has 0 aliphatic carbocycles. The lowest BCUT2D eigenvalue weighted by Crippen LogP contribution is -2.01. The van der Waals surface area contributed by atoms with Crippen LogP contribution in [0, 0.1) is 0 Å². The second kappa shape index (κ2) is 8.31. The van der Waals surface area contributed by atoms with Gasteiger partial charge in [-0.25, -0.2) is 0 Å². The van der Waals surface area contributed by atoms with Crippen LogP contribution in [0.1, 0.15) is 43.0 Å². The van der Waals surface area contributed by atoms with Crippen LogP contribution < -0.4 is 14.2 Å². The van der Waals surface area contributed by atoms with Crippen LogP contribution in [0.2, 0.25) is 0 Å². The standard InChI is InChI=1S/C15H23BrO3/c1-5-6-7-8-12(16)15-13(18-3)9-11(17-2)10-14(15)19-4/h9-10,12H,5-8H2,1-4H3. The minimum atomic E-state index is 0.231. The second-order valence-corrected chi connectivity index (χ2v) is 5.51. The van der Waals surface area contributed by atoms with Crippen LogP contribution in [0.25, 0.3) is 0 Å². The van der Waals surface area contributed by atoms with Crippen molar-refractivity contribution in [1.82, 2.24) is 0 Å². The Morgan fingerprint density at radius 3 is 2.00 bits per heavy atom. The van der Waals surface area contributed by atoms with E-state index in [1.807, 2.05) is 12.1 Å². The molecule has 0 saturated carbocycles. The zero-order valence-corrected chi connectivity index (χ0v) is 13.7. The van der Waals surface area contributed by atoms with E-state index < -0.39 is 0 Å². The SMILES string of the molecule is CCCCCC(Br)c1c(OC)cc(OC)cc1OC. The first-order valence-electron chi connectivity index (χ1n) is 6.61. The van der Waals surface area contributed by atoms with Crippen LogP contribution in [0.15, 0.2) is 12.1 Å². The topological polar surface area (TPSA) is 27.7 Å². The van der Waals surface area contributed by atoms with Gasteiger partial charge in [-0.3, -0.25) is 0 Å². The minimum Gasteiger partial charge on any atom is -0.496 e. The Morgan fingerprint density at radius 1 is 1.00 bits per heavy atom. The molecule has 108 valence electrons. The molecule has 1 aromatic rings. The zero-order chi connectivity index (χ0) is 14.3. The highest BCUT2D eigenvalue weighted by Crippen LogP contribution is 2.43. The van der Waals surface area contributed by atoms with Crippen LogP contribution in [0.3, 0.4) is 0 Å². The van der Waals surface area contributed by atoms with Crippen LogP contribution in [0.5, 0.6) is 17.2 Å². The molecule has 4 heteroatoms. The molecule has 1 aromatic carbocycles. The Morgan fingerprint density at radius 2 is 1.58 bits per heavy atom. The van der Waals surface area contributed by atoms with Gasteiger partial charge in [0.15, 0.2) is 0 Å². The first-order valence-corrected chi connectivity index (χ1v) is 7.53. The molecular weight excluding hydrogens is 308 g/mol. The molecular formula is C15H23BrO3. The minimum absolute atomic E-state index is 0.231. The number of rotatable bonds is 8. The van der Waals surface area contributed by atoms with Crippen molar-refractivity contribution in [2.45, 2.75) is 37.4 Å². The van der Waals surface area contributed by atoms with Crippen molar-refractivity contribution in [3.8, 4) is 17.2 Å². The number of unbranched alkanes of at least 4 members (excludes halogenated alkanes) is 2. The summed E-state index contributed by atoms with van der Waals surface area (Å²) in [6.45, 7) is 2.21. The van der Waals surface area contributed by atoms with E-state index in [-0.39, 0.29) is 4.83 Å². The van der Waals surface area contributed by atoms with Gasteiger partial charge in [-0.2, -0.15) is 0 Å². The molecule has 0 heterocycles. The van der Waals surface area contributed by atoms with Crippen LogP contribution in [-0.4, -0.2) is 21.3 Å². The maximum Gasteiger partial charge on any atom is 0.130 e. The molecule has 0 spiro atoms. The number of benzene rings is 1. The summed E-state index contributed by atoms with van der Waals surface area (Å²) < 4.78 is 16.2. The van der Waals surface area contributed by atoms with Crippen molar-refractivity contribution < 1.29 is 14.2 Å². The molecule has 0 aliphatic rings. The van der Waals surface area contributed by atoms with E-state index in [4.69, 9.17) is 14.2 Å². The lowest BCUT2D eigenvalue weighted by atomic mass is 10.0. The smallest absolute Gasteiger partial charge is 0.130 e. The van der Waals surface area contributed by atoms with Crippen LogP contribution in [-0.2, 0) is 0 Å². The summed E-state index contributed by atoms with van der Waals surface area (Å²) >= 11 is 3.75. The average molecular weight is 331 g/mol. The van der Waals surface area contributed by atoms with Gasteiger partial charge in [-0.1, -0.05) is 42.1 Å². The molecule has 0 N–H and O–H groups in total. The largest absolute Gasteiger partial charge is 0.496 e. The predicted molar refractivity (Wildman–Crippen MR) is 81.9 cm³/mol. The third-order valence-corrected chi connectivity index (χ3v) is 4.04. The maximum atomic E-state index is 5.47. The number of hydrogen-bond acceptors (Lipinski definition) is 3. The van der Waals surface area contributed by atoms with Gasteiger partial charge in [0.25, 0.3) is 0 Å². The Hall–Kier alpha value is -0.900. The fourth-order valence-corrected chi connectivity index (χ4v) is 2.83. The predicted octanol–water partition coefficient (Wildman–Crippen LogP) is 4.73. The van der Waals surface area contributed by atoms with E-state index in [0.29, 0.717) is 0 Å². The van der Waals surface area contributed by atoms with E-state index in [1.165, 1.54) is 19.3 Å². The molecule has 19 heavy (non-hydrogen) atoms. The molecule has 0 saturated heterocycles. The van der Waals surface area contributed by atoms with E-state index in [9.17, 15) is 0 Å². The highest BCUT2D eigenvalue weighted by atomic mass is 79.9. The van der Waals surface area contributed by atoms with Crippen molar-refractivity contribution in [3.63, 3.8) is 0 Å². The van der Waals surface area contributed by atoms with E-state index >= 15 is 0 Å². The van der Waals surface area contributed by atoms with Crippen LogP contribution in [0.4, 0.5) is 0 Å². The highest BCUT2D eigenvalue weighted by molar-refractivity contribution is 9.09. The molecule has 0 bridgehead atoms. The second-order valence-electron chi connectivity index (χ2n) is 4.41. The highest BCUT2D eigenvalue weighted by Gasteiger charge is 2.20. The lowest BCUT2D eigenvalue weighted by molar-refractivity contribution is 0.367. The summed E-state index contributed by atoms with van der Waals surface area (Å²) in [6.07, 6.45) is 4.71. The third kappa shape index (κ3) is 4.30. The Balaban J connectivity index is 3.02. The monoisotopic (exact) mass is 330 g/mol. The van der Waals surface area contributed by atoms with Crippen molar-refractivity contribution >= 4 is 15.9 Å². The fourth-order valence-electron chi connectivity index (χ4n) is 2.06. The molecule has 3 nitrogen and oxygen atoms in total. The zero-order valence-electron chi connectivity index (χ0n) is 12.2. The van der Waals surface area contributed by atoms with Crippen molar-refractivity contribution in [2.24, 2.45) is 0 Å². The molecule has 1 atom stereocenters. The number of alkyl halides is 1. The summed E-state index contributed by atoms with van der Waals surface area (Å²) in [5.74, 6) is 2.34. The van der Waals surface area contributed by atoms with Crippen molar-refractivity contribution in [1.29, 1.82) is 0 Å². The molecule has 1 rings (SSSR count). The van der Waals surface area contributed by atoms with Gasteiger partial charge < -0.3 is 14.2 Å². The maximum absolute atomic E-state index is 5.47. The van der Waals surface area contributed by atoms with Gasteiger partial charge in [0.1, 0.15) is 17.2 Å². The molecule has 0 fully saturated rings. The molecule has 1 unspecified atom stereocenters. The molecule has 0 aromatic heterocycles. The summed E-state index contributed by atoms with van der Waals surface area (Å²) in [7, 11) is 4.98. The van der Waals surface area contributed by atoms with E-state index in [2.05, 4.69) is 22.9 Å². The normalized spacial score (nSPS) is 12.1. The molecule has 0 amide bonds. The van der Waals surface area contributed by atoms with Crippen LogP contribution >= 0.6 is 15.9 Å². The van der Waals surface area contributed by atoms with Gasteiger partial charge in [0, 0.05) is 17.0 Å². The lowest BCUT2D eigenvalue weighted by Gasteiger charge is -2.19. The van der Waals surface area contributed by atoms with Gasteiger partial charge in [-0.05, 0) is 6.42 Å². The first kappa shape index (κ1) is 16.2. The van der Waals surface area contributed by atoms with E-state index in [1.54, 1.807) is 21.3 Å². The summed E-state index contributed by atoms with van der Waals surface area (Å²) in [6, 6.07) is 3.79. The number of hydrogen-bond donors (Lipinski definition) is 0. The summed E-state index contributed by atoms with van der Waals surface area (Å²) in [5.41, 5.74) is 1.06. The quantitative estimate of drug-likeness (QED) is 0.509. The summed E-state index contributed by atoms with van der Waals surface area (Å²) in [5, 5.41) is 0. The van der Waals surface area contributed by atoms with Gasteiger partial charge in [0.05, 0.1) is 26.9 Å². The third-order valence-electron chi connectivity index (χ3n) is 3.13. The van der Waals surface area contributed by atoms with Crippen molar-refractivity contribution in [3.05, 3.63) is 17.7 Å². The van der Waals surface area contributed by atoms with E-state index in [0.717, 1.165) is 29.2 Å². The number of methoxy groups -OCH3 is 3. The number of halogens is 1. The fraction of sp³-hybridized carbons (Fsp3) is 0.600. The molecule has 0 aliphatic heterocycles. The first-order chi connectivity index (χ1) is 9.17. The number of ether oxygens (including phenoxy) is 3. The Labute approximate surface area is 124 Å². The Kier molecular flexibility index (Phi) is 7.06. The van der Waals surface area contributed by atoms with Gasteiger partial charge in [0.2, 0.25) is 0 Å².